The molecule has 0 fully saturated rings. The Balaban J connectivity index is 3.68. The first-order valence-corrected chi connectivity index (χ1v) is 4.54. The van der Waals surface area contributed by atoms with E-state index in [0.29, 0.717) is 0 Å². The fourth-order valence-electron chi connectivity index (χ4n) is 1.31. The highest BCUT2D eigenvalue weighted by Gasteiger charge is 1.93. The summed E-state index contributed by atoms with van der Waals surface area (Å²) < 4.78 is 0. The highest BCUT2D eigenvalue weighted by atomic mass is 32.1. The molecule has 2 heteroatoms. The second-order valence-electron chi connectivity index (χ2n) is 2.84. The van der Waals surface area contributed by atoms with E-state index in [9.17, 15) is 0 Å². The molecule has 0 heterocycles. The molecule has 0 aliphatic heterocycles. The molecule has 0 aliphatic carbocycles. The van der Waals surface area contributed by atoms with Gasteiger partial charge in [-0.15, -0.1) is 0 Å². The number of rotatable bonds is 1. The van der Waals surface area contributed by atoms with E-state index in [2.05, 4.69) is 19.2 Å². The Morgan fingerprint density at radius 3 is 2.62 bits per heavy atom. The Bertz CT molecular complexity index is 432. The van der Waals surface area contributed by atoms with E-state index >= 15 is 0 Å². The van der Waals surface area contributed by atoms with Crippen LogP contribution in [0.25, 0.3) is 17.7 Å². The molecule has 0 saturated carbocycles. The molecular weight excluding hydrogens is 178 g/mol. The summed E-state index contributed by atoms with van der Waals surface area (Å²) in [5.41, 5.74) is 7.74. The van der Waals surface area contributed by atoms with Crippen molar-refractivity contribution in [2.75, 3.05) is 0 Å². The zero-order valence-corrected chi connectivity index (χ0v) is 8.51. The maximum Gasteiger partial charge on any atom is 0.00204 e. The molecule has 1 aromatic rings. The van der Waals surface area contributed by atoms with Crippen LogP contribution in [-0.2, 0) is 0 Å². The highest BCUT2D eigenvalue weighted by Crippen LogP contribution is 1.97. The SMILES string of the molecule is C=Cc1cc(C)c(=C/N)/c(=C\S)c1. The monoisotopic (exact) mass is 191 g/mol. The summed E-state index contributed by atoms with van der Waals surface area (Å²) in [6.07, 6.45) is 3.42. The molecule has 1 rings (SSSR count). The van der Waals surface area contributed by atoms with Gasteiger partial charge in [-0.3, -0.25) is 0 Å². The lowest BCUT2D eigenvalue weighted by atomic mass is 10.1. The number of thiol groups is 1. The number of aryl methyl sites for hydroxylation is 1. The van der Waals surface area contributed by atoms with Crippen molar-refractivity contribution in [1.82, 2.24) is 0 Å². The molecule has 0 bridgehead atoms. The predicted molar refractivity (Wildman–Crippen MR) is 62.6 cm³/mol. The molecule has 0 aliphatic rings. The van der Waals surface area contributed by atoms with Crippen LogP contribution in [0.5, 0.6) is 0 Å². The first-order valence-electron chi connectivity index (χ1n) is 4.02. The second kappa shape index (κ2) is 4.19. The average molecular weight is 191 g/mol. The topological polar surface area (TPSA) is 26.0 Å². The molecule has 0 unspecified atom stereocenters. The number of hydrogen-bond acceptors (Lipinski definition) is 2. The van der Waals surface area contributed by atoms with Crippen molar-refractivity contribution in [3.8, 4) is 0 Å². The first-order chi connectivity index (χ1) is 6.22. The minimum atomic E-state index is 1.03. The van der Waals surface area contributed by atoms with Gasteiger partial charge in [0.15, 0.2) is 0 Å². The summed E-state index contributed by atoms with van der Waals surface area (Å²) in [5, 5.41) is 3.81. The zero-order chi connectivity index (χ0) is 9.84. The summed E-state index contributed by atoms with van der Waals surface area (Å²) in [6, 6.07) is 4.05. The standard InChI is InChI=1S/C11H13NS/c1-3-9-4-8(2)11(6-12)10(5-9)7-13/h3-7,13H,1,12H2,2H3/b10-7-,11-6-. The number of hydrogen-bond donors (Lipinski definition) is 2. The average Bonchev–Trinajstić information content (AvgIpc) is 2.16. The van der Waals surface area contributed by atoms with Crippen molar-refractivity contribution in [3.05, 3.63) is 40.3 Å². The summed E-state index contributed by atoms with van der Waals surface area (Å²) in [6.45, 7) is 5.74. The van der Waals surface area contributed by atoms with Crippen LogP contribution in [0, 0.1) is 6.92 Å². The maximum absolute atomic E-state index is 5.51. The number of benzene rings is 1. The molecule has 0 spiro atoms. The zero-order valence-electron chi connectivity index (χ0n) is 7.62. The van der Waals surface area contributed by atoms with Gasteiger partial charge in [-0.25, -0.2) is 0 Å². The predicted octanol–water partition coefficient (Wildman–Crippen LogP) is 1.00. The Hall–Kier alpha value is -1.15. The Morgan fingerprint density at radius 2 is 2.15 bits per heavy atom. The molecule has 1 nitrogen and oxygen atoms in total. The molecule has 0 atom stereocenters. The van der Waals surface area contributed by atoms with Gasteiger partial charge in [-0.05, 0) is 34.7 Å². The van der Waals surface area contributed by atoms with E-state index in [1.165, 1.54) is 0 Å². The smallest absolute Gasteiger partial charge is 0.00204 e. The molecule has 0 radical (unpaired) electrons. The van der Waals surface area contributed by atoms with Crippen molar-refractivity contribution in [2.45, 2.75) is 6.92 Å². The molecular formula is C11H13NS. The van der Waals surface area contributed by atoms with Crippen molar-refractivity contribution in [1.29, 1.82) is 0 Å². The van der Waals surface area contributed by atoms with Crippen LogP contribution in [0.2, 0.25) is 0 Å². The fourth-order valence-corrected chi connectivity index (χ4v) is 1.52. The molecule has 0 saturated heterocycles. The summed E-state index contributed by atoms with van der Waals surface area (Å²) in [7, 11) is 0. The Labute approximate surface area is 83.7 Å². The summed E-state index contributed by atoms with van der Waals surface area (Å²) >= 11 is 4.13. The highest BCUT2D eigenvalue weighted by molar-refractivity contribution is 7.88. The summed E-state index contributed by atoms with van der Waals surface area (Å²) in [4.78, 5) is 0. The van der Waals surface area contributed by atoms with Crippen LogP contribution >= 0.6 is 12.6 Å². The number of nitrogens with two attached hydrogens (primary N) is 1. The lowest BCUT2D eigenvalue weighted by molar-refractivity contribution is 1.35. The Kier molecular flexibility index (Phi) is 3.20. The van der Waals surface area contributed by atoms with Crippen LogP contribution in [0.1, 0.15) is 11.1 Å². The minimum absolute atomic E-state index is 1.03. The third kappa shape index (κ3) is 1.95. The van der Waals surface area contributed by atoms with Gasteiger partial charge in [-0.2, -0.15) is 12.6 Å². The van der Waals surface area contributed by atoms with Gasteiger partial charge in [0.1, 0.15) is 0 Å². The second-order valence-corrected chi connectivity index (χ2v) is 3.10. The van der Waals surface area contributed by atoms with Gasteiger partial charge in [0, 0.05) is 11.4 Å². The van der Waals surface area contributed by atoms with E-state index in [0.717, 1.165) is 21.6 Å². The quantitative estimate of drug-likeness (QED) is 0.636. The van der Waals surface area contributed by atoms with Crippen LogP contribution in [0.4, 0.5) is 0 Å². The van der Waals surface area contributed by atoms with Crippen molar-refractivity contribution < 1.29 is 0 Å². The lowest BCUT2D eigenvalue weighted by Crippen LogP contribution is -2.28. The van der Waals surface area contributed by atoms with Gasteiger partial charge >= 0.3 is 0 Å². The van der Waals surface area contributed by atoms with Gasteiger partial charge in [-0.1, -0.05) is 18.7 Å². The molecule has 13 heavy (non-hydrogen) atoms. The summed E-state index contributed by atoms with van der Waals surface area (Å²) in [5.74, 6) is 0. The molecule has 1 aromatic carbocycles. The largest absolute Gasteiger partial charge is 0.404 e. The van der Waals surface area contributed by atoms with Gasteiger partial charge in [0.2, 0.25) is 0 Å². The van der Waals surface area contributed by atoms with Crippen LogP contribution in [0.3, 0.4) is 0 Å². The van der Waals surface area contributed by atoms with E-state index in [4.69, 9.17) is 5.73 Å². The molecule has 0 amide bonds. The van der Waals surface area contributed by atoms with E-state index < -0.39 is 0 Å². The van der Waals surface area contributed by atoms with Crippen LogP contribution in [0.15, 0.2) is 18.7 Å². The van der Waals surface area contributed by atoms with Crippen molar-refractivity contribution >= 4 is 30.3 Å². The Morgan fingerprint density at radius 1 is 1.46 bits per heavy atom. The minimum Gasteiger partial charge on any atom is -0.404 e. The van der Waals surface area contributed by atoms with Gasteiger partial charge in [0.25, 0.3) is 0 Å². The molecule has 0 aromatic heterocycles. The lowest BCUT2D eigenvalue weighted by Gasteiger charge is -1.99. The molecule has 2 N–H and O–H groups in total. The van der Waals surface area contributed by atoms with Crippen LogP contribution in [-0.4, -0.2) is 0 Å². The third-order valence-electron chi connectivity index (χ3n) is 1.98. The first kappa shape index (κ1) is 9.93. The van der Waals surface area contributed by atoms with Gasteiger partial charge in [0.05, 0.1) is 0 Å². The van der Waals surface area contributed by atoms with Gasteiger partial charge < -0.3 is 5.73 Å². The van der Waals surface area contributed by atoms with Crippen molar-refractivity contribution in [3.63, 3.8) is 0 Å². The normalized spacial score (nSPS) is 13.4. The third-order valence-corrected chi connectivity index (χ3v) is 2.26. The van der Waals surface area contributed by atoms with Crippen LogP contribution < -0.4 is 16.2 Å². The van der Waals surface area contributed by atoms with E-state index in [1.54, 1.807) is 11.6 Å². The fraction of sp³-hybridized carbons (Fsp3) is 0.0909. The van der Waals surface area contributed by atoms with E-state index in [-0.39, 0.29) is 0 Å². The maximum atomic E-state index is 5.51. The van der Waals surface area contributed by atoms with E-state index in [1.807, 2.05) is 25.1 Å². The molecule has 68 valence electrons. The van der Waals surface area contributed by atoms with Crippen molar-refractivity contribution in [2.24, 2.45) is 5.73 Å².